The number of piperidine rings is 1. The molecule has 3 fully saturated rings. The summed E-state index contributed by atoms with van der Waals surface area (Å²) >= 11 is 0. The normalized spacial score (nSPS) is 22.9. The molecule has 0 unspecified atom stereocenters. The summed E-state index contributed by atoms with van der Waals surface area (Å²) in [5, 5.41) is 0. The maximum Gasteiger partial charge on any atom is 0.117 e. The van der Waals surface area contributed by atoms with E-state index in [1.54, 1.807) is 11.8 Å². The number of anilines is 2. The van der Waals surface area contributed by atoms with Crippen molar-refractivity contribution < 1.29 is 9.15 Å². The molecule has 0 atom stereocenters. The van der Waals surface area contributed by atoms with E-state index in [0.29, 0.717) is 17.4 Å². The van der Waals surface area contributed by atoms with Crippen LogP contribution in [-0.4, -0.2) is 57.4 Å². The van der Waals surface area contributed by atoms with E-state index in [4.69, 9.17) is 9.15 Å². The van der Waals surface area contributed by atoms with Crippen molar-refractivity contribution in [2.24, 2.45) is 5.41 Å². The molecule has 2 aromatic rings. The van der Waals surface area contributed by atoms with Crippen molar-refractivity contribution in [1.29, 1.82) is 0 Å². The van der Waals surface area contributed by atoms with Crippen LogP contribution < -0.4 is 9.80 Å². The van der Waals surface area contributed by atoms with E-state index in [1.807, 2.05) is 13.2 Å². The molecule has 5 nitrogen and oxygen atoms in total. The lowest BCUT2D eigenvalue weighted by atomic mass is 9.71. The van der Waals surface area contributed by atoms with Gasteiger partial charge in [-0.05, 0) is 85.8 Å². The maximum atomic E-state index is 5.61. The van der Waals surface area contributed by atoms with Gasteiger partial charge in [0.05, 0.1) is 18.9 Å². The van der Waals surface area contributed by atoms with Crippen LogP contribution in [0.15, 0.2) is 41.0 Å². The zero-order valence-electron chi connectivity index (χ0n) is 21.5. The lowest BCUT2D eigenvalue weighted by Crippen LogP contribution is -2.46. The molecule has 1 aliphatic carbocycles. The Hall–Kier alpha value is -1.98. The summed E-state index contributed by atoms with van der Waals surface area (Å²) in [7, 11) is 1.85. The van der Waals surface area contributed by atoms with E-state index in [9.17, 15) is 0 Å². The lowest BCUT2D eigenvalue weighted by Gasteiger charge is -2.40. The minimum Gasteiger partial charge on any atom is -0.468 e. The highest BCUT2D eigenvalue weighted by Crippen LogP contribution is 2.46. The molecule has 0 bridgehead atoms. The molecule has 5 heteroatoms. The minimum absolute atomic E-state index is 0.424. The Bertz CT molecular complexity index is 899. The number of rotatable bonds is 6. The molecule has 3 aliphatic rings. The van der Waals surface area contributed by atoms with Gasteiger partial charge in [0, 0.05) is 57.8 Å². The van der Waals surface area contributed by atoms with Crippen LogP contribution in [0.1, 0.15) is 69.6 Å². The van der Waals surface area contributed by atoms with Gasteiger partial charge in [-0.3, -0.25) is 4.90 Å². The van der Waals surface area contributed by atoms with Gasteiger partial charge >= 0.3 is 0 Å². The summed E-state index contributed by atoms with van der Waals surface area (Å²) in [6.07, 6.45) is 9.75. The van der Waals surface area contributed by atoms with Crippen molar-refractivity contribution in [1.82, 2.24) is 4.90 Å². The second kappa shape index (κ2) is 10.3. The molecular formula is C29H43N3O2. The molecule has 5 rings (SSSR count). The highest BCUT2D eigenvalue weighted by atomic mass is 16.5. The summed E-state index contributed by atoms with van der Waals surface area (Å²) in [5.41, 5.74) is 4.99. The second-order valence-corrected chi connectivity index (χ2v) is 11.4. The first-order valence-corrected chi connectivity index (χ1v) is 13.4. The fraction of sp³-hybridized carbons (Fsp3) is 0.655. The molecule has 2 saturated heterocycles. The zero-order valence-corrected chi connectivity index (χ0v) is 21.5. The molecule has 1 aromatic heterocycles. The monoisotopic (exact) mass is 465 g/mol. The largest absolute Gasteiger partial charge is 0.468 e. The predicted molar refractivity (Wildman–Crippen MR) is 140 cm³/mol. The lowest BCUT2D eigenvalue weighted by molar-refractivity contribution is 0.0819. The average Bonchev–Trinajstić information content (AvgIpc) is 3.37. The van der Waals surface area contributed by atoms with E-state index < -0.39 is 0 Å². The van der Waals surface area contributed by atoms with Gasteiger partial charge in [0.25, 0.3) is 0 Å². The number of furan rings is 1. The first-order chi connectivity index (χ1) is 16.5. The SMILES string of the molecule is COC1CCN(c2ccc(N3CCN(Cc4ccco4)CC3)c(C3CCC(C)(C)CC3)c2)CC1. The zero-order chi connectivity index (χ0) is 23.5. The van der Waals surface area contributed by atoms with Gasteiger partial charge in [0.1, 0.15) is 5.76 Å². The van der Waals surface area contributed by atoms with Crippen LogP contribution in [0.4, 0.5) is 11.4 Å². The van der Waals surface area contributed by atoms with Crippen LogP contribution in [0, 0.1) is 5.41 Å². The Morgan fingerprint density at radius 1 is 0.912 bits per heavy atom. The Morgan fingerprint density at radius 2 is 1.65 bits per heavy atom. The number of ether oxygens (including phenoxy) is 1. The molecule has 3 heterocycles. The molecular weight excluding hydrogens is 422 g/mol. The van der Waals surface area contributed by atoms with Crippen LogP contribution in [0.25, 0.3) is 0 Å². The Balaban J connectivity index is 1.32. The molecule has 2 aliphatic heterocycles. The smallest absolute Gasteiger partial charge is 0.117 e. The van der Waals surface area contributed by atoms with Gasteiger partial charge in [0.15, 0.2) is 0 Å². The molecule has 0 radical (unpaired) electrons. The Kier molecular flexibility index (Phi) is 7.22. The van der Waals surface area contributed by atoms with E-state index in [2.05, 4.69) is 52.8 Å². The molecule has 1 aromatic carbocycles. The first kappa shape index (κ1) is 23.7. The molecule has 1 saturated carbocycles. The van der Waals surface area contributed by atoms with Crippen molar-refractivity contribution in [3.63, 3.8) is 0 Å². The molecule has 0 N–H and O–H groups in total. The molecule has 186 valence electrons. The van der Waals surface area contributed by atoms with Crippen LogP contribution in [0.5, 0.6) is 0 Å². The maximum absolute atomic E-state index is 5.61. The summed E-state index contributed by atoms with van der Waals surface area (Å²) in [4.78, 5) is 7.75. The first-order valence-electron chi connectivity index (χ1n) is 13.4. The molecule has 0 amide bonds. The quantitative estimate of drug-likeness (QED) is 0.530. The second-order valence-electron chi connectivity index (χ2n) is 11.4. The number of piperazine rings is 1. The topological polar surface area (TPSA) is 32.1 Å². The van der Waals surface area contributed by atoms with Gasteiger partial charge < -0.3 is 19.0 Å². The van der Waals surface area contributed by atoms with E-state index in [-0.39, 0.29) is 0 Å². The van der Waals surface area contributed by atoms with E-state index in [1.165, 1.54) is 37.1 Å². The van der Waals surface area contributed by atoms with E-state index in [0.717, 1.165) is 64.4 Å². The van der Waals surface area contributed by atoms with Crippen molar-refractivity contribution in [3.8, 4) is 0 Å². The molecule has 0 spiro atoms. The third-order valence-corrected chi connectivity index (χ3v) is 8.60. The highest BCUT2D eigenvalue weighted by Gasteiger charge is 2.31. The van der Waals surface area contributed by atoms with Crippen LogP contribution in [-0.2, 0) is 11.3 Å². The van der Waals surface area contributed by atoms with Crippen LogP contribution in [0.2, 0.25) is 0 Å². The minimum atomic E-state index is 0.424. The summed E-state index contributed by atoms with van der Waals surface area (Å²) in [6.45, 7) is 12.4. The van der Waals surface area contributed by atoms with E-state index >= 15 is 0 Å². The van der Waals surface area contributed by atoms with Crippen LogP contribution in [0.3, 0.4) is 0 Å². The van der Waals surface area contributed by atoms with Gasteiger partial charge in [-0.1, -0.05) is 13.8 Å². The van der Waals surface area contributed by atoms with Gasteiger partial charge in [0.2, 0.25) is 0 Å². The van der Waals surface area contributed by atoms with Crippen molar-refractivity contribution in [3.05, 3.63) is 47.9 Å². The third kappa shape index (κ3) is 5.46. The highest BCUT2D eigenvalue weighted by molar-refractivity contribution is 5.63. The Labute approximate surface area is 206 Å². The van der Waals surface area contributed by atoms with Crippen molar-refractivity contribution >= 4 is 11.4 Å². The fourth-order valence-electron chi connectivity index (χ4n) is 6.18. The number of hydrogen-bond acceptors (Lipinski definition) is 5. The predicted octanol–water partition coefficient (Wildman–Crippen LogP) is 5.90. The summed E-state index contributed by atoms with van der Waals surface area (Å²) in [5.74, 6) is 1.75. The number of nitrogens with zero attached hydrogens (tertiary/aromatic N) is 3. The average molecular weight is 466 g/mol. The van der Waals surface area contributed by atoms with Crippen molar-refractivity contribution in [2.45, 2.75) is 70.9 Å². The van der Waals surface area contributed by atoms with Gasteiger partial charge in [-0.2, -0.15) is 0 Å². The Morgan fingerprint density at radius 3 is 2.29 bits per heavy atom. The molecule has 34 heavy (non-hydrogen) atoms. The number of benzene rings is 1. The third-order valence-electron chi connectivity index (χ3n) is 8.60. The summed E-state index contributed by atoms with van der Waals surface area (Å²) in [6, 6.07) is 11.5. The van der Waals surface area contributed by atoms with Crippen molar-refractivity contribution in [2.75, 3.05) is 56.2 Å². The number of methoxy groups -OCH3 is 1. The number of hydrogen-bond donors (Lipinski definition) is 0. The fourth-order valence-corrected chi connectivity index (χ4v) is 6.18. The van der Waals surface area contributed by atoms with Gasteiger partial charge in [-0.25, -0.2) is 0 Å². The van der Waals surface area contributed by atoms with Gasteiger partial charge in [-0.15, -0.1) is 0 Å². The van der Waals surface area contributed by atoms with Crippen LogP contribution >= 0.6 is 0 Å². The summed E-state index contributed by atoms with van der Waals surface area (Å²) < 4.78 is 11.2. The standard InChI is InChI=1S/C29H43N3O2/c1-29(2)12-8-23(9-13-29)27-21-24(31-14-10-25(33-3)11-15-31)6-7-28(27)32-18-16-30(17-19-32)22-26-5-4-20-34-26/h4-7,20-21,23,25H,8-19,22H2,1-3H3.